The van der Waals surface area contributed by atoms with Gasteiger partial charge in [-0.15, -0.1) is 11.3 Å². The molecule has 0 aliphatic carbocycles. The van der Waals surface area contributed by atoms with Gasteiger partial charge in [-0.05, 0) is 18.2 Å². The van der Waals surface area contributed by atoms with Crippen molar-refractivity contribution in [1.82, 2.24) is 9.55 Å². The molecular weight excluding hydrogens is 280 g/mol. The van der Waals surface area contributed by atoms with Crippen LogP contribution >= 0.6 is 11.3 Å². The van der Waals surface area contributed by atoms with E-state index in [2.05, 4.69) is 4.98 Å². The summed E-state index contributed by atoms with van der Waals surface area (Å²) < 4.78 is 2.95. The fraction of sp³-hybridized carbons (Fsp3) is 0.0588. The van der Waals surface area contributed by atoms with E-state index in [0.29, 0.717) is 0 Å². The van der Waals surface area contributed by atoms with E-state index in [1.54, 1.807) is 5.51 Å². The second kappa shape index (κ2) is 4.53. The van der Waals surface area contributed by atoms with Crippen LogP contribution < -0.4 is 0 Å². The number of thiazole rings is 1. The predicted molar refractivity (Wildman–Crippen MR) is 86.0 cm³/mol. The van der Waals surface area contributed by atoms with Crippen molar-refractivity contribution in [2.45, 2.75) is 0 Å². The van der Waals surface area contributed by atoms with Crippen LogP contribution in [0.1, 0.15) is 15.9 Å². The molecule has 4 rings (SSSR count). The molecule has 0 aliphatic rings. The Bertz CT molecular complexity index is 981. The summed E-state index contributed by atoms with van der Waals surface area (Å²) in [6.07, 6.45) is 1.91. The number of nitrogens with zero attached hydrogens (tertiary/aromatic N) is 2. The van der Waals surface area contributed by atoms with E-state index >= 15 is 0 Å². The number of carbonyl (C=O) groups excluding carboxylic acids is 1. The number of hydrogen-bond donors (Lipinski definition) is 0. The molecule has 0 amide bonds. The number of ketones is 1. The Kier molecular flexibility index (Phi) is 2.65. The SMILES string of the molecule is Cn1cc(C(=O)c2cccc3ncsc23)c2ccccc21. The van der Waals surface area contributed by atoms with Crippen LogP contribution in [-0.2, 0) is 7.05 Å². The number of rotatable bonds is 2. The molecule has 2 heterocycles. The lowest BCUT2D eigenvalue weighted by molar-refractivity contribution is 0.104. The molecule has 21 heavy (non-hydrogen) atoms. The van der Waals surface area contributed by atoms with E-state index in [0.717, 1.165) is 32.2 Å². The van der Waals surface area contributed by atoms with Crippen LogP contribution in [0.4, 0.5) is 0 Å². The highest BCUT2D eigenvalue weighted by atomic mass is 32.1. The molecule has 0 saturated heterocycles. The van der Waals surface area contributed by atoms with Gasteiger partial charge in [-0.2, -0.15) is 0 Å². The Hall–Kier alpha value is -2.46. The normalized spacial score (nSPS) is 11.3. The highest BCUT2D eigenvalue weighted by molar-refractivity contribution is 7.17. The van der Waals surface area contributed by atoms with Gasteiger partial charge in [0.2, 0.25) is 0 Å². The number of para-hydroxylation sites is 1. The summed E-state index contributed by atoms with van der Waals surface area (Å²) in [6.45, 7) is 0. The average Bonchev–Trinajstić information content (AvgIpc) is 3.11. The maximum Gasteiger partial charge on any atom is 0.196 e. The van der Waals surface area contributed by atoms with Crippen LogP contribution in [-0.4, -0.2) is 15.3 Å². The third kappa shape index (κ3) is 1.80. The maximum absolute atomic E-state index is 13.0. The van der Waals surface area contributed by atoms with Gasteiger partial charge in [-0.25, -0.2) is 4.98 Å². The van der Waals surface area contributed by atoms with Gasteiger partial charge in [0.1, 0.15) is 0 Å². The molecule has 0 aliphatic heterocycles. The molecule has 0 fully saturated rings. The summed E-state index contributed by atoms with van der Waals surface area (Å²) >= 11 is 1.51. The number of aromatic nitrogens is 2. The van der Waals surface area contributed by atoms with E-state index < -0.39 is 0 Å². The van der Waals surface area contributed by atoms with Crippen LogP contribution in [0.2, 0.25) is 0 Å². The van der Waals surface area contributed by atoms with Crippen molar-refractivity contribution in [2.24, 2.45) is 7.05 Å². The Labute approximate surface area is 125 Å². The topological polar surface area (TPSA) is 34.9 Å². The standard InChI is InChI=1S/C17H12N2OS/c1-19-9-13(11-5-2-3-8-15(11)19)16(20)12-6-4-7-14-17(12)21-10-18-14/h2-10H,1H3. The zero-order chi connectivity index (χ0) is 14.4. The van der Waals surface area contributed by atoms with Crippen molar-refractivity contribution in [3.63, 3.8) is 0 Å². The number of hydrogen-bond acceptors (Lipinski definition) is 3. The number of benzene rings is 2. The summed E-state index contributed by atoms with van der Waals surface area (Å²) in [5.41, 5.74) is 5.20. The molecule has 4 aromatic rings. The summed E-state index contributed by atoms with van der Waals surface area (Å²) in [5, 5.41) is 0.992. The molecule has 2 aromatic carbocycles. The molecule has 4 heteroatoms. The van der Waals surface area contributed by atoms with Crippen molar-refractivity contribution in [3.05, 3.63) is 65.3 Å². The monoisotopic (exact) mass is 292 g/mol. The molecule has 0 atom stereocenters. The van der Waals surface area contributed by atoms with E-state index in [4.69, 9.17) is 0 Å². The average molecular weight is 292 g/mol. The minimum Gasteiger partial charge on any atom is -0.350 e. The molecular formula is C17H12N2OS. The van der Waals surface area contributed by atoms with Gasteiger partial charge in [-0.3, -0.25) is 4.79 Å². The first-order valence-electron chi connectivity index (χ1n) is 6.66. The van der Waals surface area contributed by atoms with E-state index in [1.807, 2.05) is 60.3 Å². The molecule has 2 aromatic heterocycles. The molecule has 0 N–H and O–H groups in total. The lowest BCUT2D eigenvalue weighted by Crippen LogP contribution is -2.00. The van der Waals surface area contributed by atoms with Crippen molar-refractivity contribution in [1.29, 1.82) is 0 Å². The summed E-state index contributed by atoms with van der Waals surface area (Å²) in [4.78, 5) is 17.2. The van der Waals surface area contributed by atoms with Gasteiger partial charge in [0.05, 0.1) is 15.7 Å². The smallest absolute Gasteiger partial charge is 0.196 e. The largest absolute Gasteiger partial charge is 0.350 e. The molecule has 0 bridgehead atoms. The van der Waals surface area contributed by atoms with Gasteiger partial charge in [0.25, 0.3) is 0 Å². The lowest BCUT2D eigenvalue weighted by Gasteiger charge is -2.01. The fourth-order valence-electron chi connectivity index (χ4n) is 2.73. The van der Waals surface area contributed by atoms with Gasteiger partial charge < -0.3 is 4.57 Å². The quantitative estimate of drug-likeness (QED) is 0.523. The maximum atomic E-state index is 13.0. The van der Waals surface area contributed by atoms with Crippen LogP contribution in [0.25, 0.3) is 21.1 Å². The van der Waals surface area contributed by atoms with Crippen LogP contribution in [0, 0.1) is 0 Å². The number of fused-ring (bicyclic) bond motifs is 2. The second-order valence-electron chi connectivity index (χ2n) is 5.01. The summed E-state index contributed by atoms with van der Waals surface area (Å²) in [7, 11) is 1.96. The van der Waals surface area contributed by atoms with Gasteiger partial charge in [0, 0.05) is 35.3 Å². The Balaban J connectivity index is 1.97. The fourth-order valence-corrected chi connectivity index (χ4v) is 3.53. The van der Waals surface area contributed by atoms with Crippen molar-refractivity contribution in [3.8, 4) is 0 Å². The third-order valence-corrected chi connectivity index (χ3v) is 4.62. The Morgan fingerprint density at radius 2 is 1.95 bits per heavy atom. The van der Waals surface area contributed by atoms with Gasteiger partial charge in [-0.1, -0.05) is 24.3 Å². The highest BCUT2D eigenvalue weighted by Gasteiger charge is 2.18. The van der Waals surface area contributed by atoms with E-state index in [9.17, 15) is 4.79 Å². The molecule has 0 spiro atoms. The van der Waals surface area contributed by atoms with Crippen LogP contribution in [0.3, 0.4) is 0 Å². The first-order chi connectivity index (χ1) is 10.3. The third-order valence-electron chi connectivity index (χ3n) is 3.74. The first-order valence-corrected chi connectivity index (χ1v) is 7.54. The Morgan fingerprint density at radius 1 is 1.10 bits per heavy atom. The van der Waals surface area contributed by atoms with Crippen molar-refractivity contribution >= 4 is 38.2 Å². The van der Waals surface area contributed by atoms with Crippen molar-refractivity contribution < 1.29 is 4.79 Å². The zero-order valence-electron chi connectivity index (χ0n) is 11.4. The molecule has 0 unspecified atom stereocenters. The Morgan fingerprint density at radius 3 is 2.86 bits per heavy atom. The molecule has 0 saturated carbocycles. The lowest BCUT2D eigenvalue weighted by atomic mass is 10.0. The number of aryl methyl sites for hydroxylation is 1. The highest BCUT2D eigenvalue weighted by Crippen LogP contribution is 2.28. The second-order valence-corrected chi connectivity index (χ2v) is 5.86. The minimum absolute atomic E-state index is 0.0571. The van der Waals surface area contributed by atoms with E-state index in [1.165, 1.54) is 11.3 Å². The van der Waals surface area contributed by atoms with Crippen LogP contribution in [0.5, 0.6) is 0 Å². The summed E-state index contributed by atoms with van der Waals surface area (Å²) in [5.74, 6) is 0.0571. The van der Waals surface area contributed by atoms with Crippen LogP contribution in [0.15, 0.2) is 54.2 Å². The molecule has 102 valence electrons. The van der Waals surface area contributed by atoms with Gasteiger partial charge >= 0.3 is 0 Å². The van der Waals surface area contributed by atoms with Gasteiger partial charge in [0.15, 0.2) is 5.78 Å². The summed E-state index contributed by atoms with van der Waals surface area (Å²) in [6, 6.07) is 13.7. The number of carbonyl (C=O) groups is 1. The van der Waals surface area contributed by atoms with Crippen molar-refractivity contribution in [2.75, 3.05) is 0 Å². The minimum atomic E-state index is 0.0571. The van der Waals surface area contributed by atoms with E-state index in [-0.39, 0.29) is 5.78 Å². The molecule has 0 radical (unpaired) electrons. The molecule has 3 nitrogen and oxygen atoms in total. The zero-order valence-corrected chi connectivity index (χ0v) is 12.2. The first kappa shape index (κ1) is 12.3. The predicted octanol–water partition coefficient (Wildman–Crippen LogP) is 4.02.